The number of benzene rings is 2. The van der Waals surface area contributed by atoms with Gasteiger partial charge in [0.2, 0.25) is 10.0 Å². The predicted octanol–water partition coefficient (Wildman–Crippen LogP) is 3.86. The third-order valence-electron chi connectivity index (χ3n) is 5.20. The minimum absolute atomic E-state index is 0.344. The van der Waals surface area contributed by atoms with Gasteiger partial charge in [-0.3, -0.25) is 0 Å². The second kappa shape index (κ2) is 8.97. The van der Waals surface area contributed by atoms with Crippen molar-refractivity contribution in [2.24, 2.45) is 0 Å². The number of sulfonamides is 1. The summed E-state index contributed by atoms with van der Waals surface area (Å²) in [5.41, 5.74) is 3.37. The molecule has 0 saturated carbocycles. The number of ether oxygens (including phenoxy) is 1. The molecule has 0 aliphatic carbocycles. The van der Waals surface area contributed by atoms with E-state index >= 15 is 0 Å². The van der Waals surface area contributed by atoms with Gasteiger partial charge in [-0.25, -0.2) is 8.42 Å². The van der Waals surface area contributed by atoms with Gasteiger partial charge in [0.15, 0.2) is 0 Å². The normalized spacial score (nSPS) is 15.6. The molecule has 0 bridgehead atoms. The van der Waals surface area contributed by atoms with Crippen molar-refractivity contribution in [3.63, 3.8) is 0 Å². The quantitative estimate of drug-likeness (QED) is 0.706. The van der Waals surface area contributed by atoms with Crippen LogP contribution in [0.15, 0.2) is 47.4 Å². The number of rotatable bonds is 7. The highest BCUT2D eigenvalue weighted by atomic mass is 32.2. The Balaban J connectivity index is 1.72. The first-order valence-corrected chi connectivity index (χ1v) is 11.5. The van der Waals surface area contributed by atoms with Crippen molar-refractivity contribution >= 4 is 15.7 Å². The van der Waals surface area contributed by atoms with Crippen LogP contribution in [-0.2, 0) is 16.4 Å². The van der Waals surface area contributed by atoms with Gasteiger partial charge in [-0.2, -0.15) is 4.31 Å². The zero-order valence-electron chi connectivity index (χ0n) is 17.0. The minimum Gasteiger partial charge on any atom is -0.493 e. The summed E-state index contributed by atoms with van der Waals surface area (Å²) in [4.78, 5) is 2.63. The molecule has 0 radical (unpaired) electrons. The lowest BCUT2D eigenvalue weighted by atomic mass is 10.1. The maximum absolute atomic E-state index is 13.1. The minimum atomic E-state index is -3.49. The van der Waals surface area contributed by atoms with E-state index in [1.54, 1.807) is 22.5 Å². The molecule has 1 aliphatic rings. The van der Waals surface area contributed by atoms with Gasteiger partial charge in [-0.1, -0.05) is 32.0 Å². The predicted molar refractivity (Wildman–Crippen MR) is 114 cm³/mol. The first-order valence-electron chi connectivity index (χ1n) is 10.0. The molecule has 1 heterocycles. The van der Waals surface area contributed by atoms with E-state index in [0.717, 1.165) is 24.2 Å². The summed E-state index contributed by atoms with van der Waals surface area (Å²) in [7, 11) is -3.49. The average Bonchev–Trinajstić information content (AvgIpc) is 2.73. The van der Waals surface area contributed by atoms with Crippen LogP contribution >= 0.6 is 0 Å². The van der Waals surface area contributed by atoms with Crippen LogP contribution in [0, 0.1) is 6.92 Å². The van der Waals surface area contributed by atoms with Crippen molar-refractivity contribution in [1.29, 1.82) is 0 Å². The topological polar surface area (TPSA) is 49.9 Å². The van der Waals surface area contributed by atoms with E-state index in [9.17, 15) is 8.42 Å². The Morgan fingerprint density at radius 3 is 2.36 bits per heavy atom. The molecule has 0 atom stereocenters. The highest BCUT2D eigenvalue weighted by Crippen LogP contribution is 2.27. The van der Waals surface area contributed by atoms with E-state index < -0.39 is 10.0 Å². The maximum Gasteiger partial charge on any atom is 0.243 e. The van der Waals surface area contributed by atoms with Crippen LogP contribution in [0.4, 0.5) is 5.69 Å². The molecule has 0 N–H and O–H groups in total. The molecule has 2 aromatic carbocycles. The number of para-hydroxylation sites is 1. The third-order valence-corrected chi connectivity index (χ3v) is 7.09. The van der Waals surface area contributed by atoms with E-state index in [1.165, 1.54) is 11.3 Å². The van der Waals surface area contributed by atoms with Crippen LogP contribution in [0.2, 0.25) is 0 Å². The Bertz CT molecular complexity index is 904. The van der Waals surface area contributed by atoms with Crippen LogP contribution in [0.1, 0.15) is 31.4 Å². The summed E-state index contributed by atoms with van der Waals surface area (Å²) in [6.45, 7) is 9.11. The zero-order valence-corrected chi connectivity index (χ0v) is 17.8. The number of anilines is 1. The summed E-state index contributed by atoms with van der Waals surface area (Å²) in [6, 6.07) is 13.5. The number of aryl methyl sites for hydroxylation is 2. The molecule has 0 spiro atoms. The fourth-order valence-electron chi connectivity index (χ4n) is 3.59. The average molecular weight is 403 g/mol. The van der Waals surface area contributed by atoms with Gasteiger partial charge >= 0.3 is 0 Å². The van der Waals surface area contributed by atoms with E-state index in [4.69, 9.17) is 4.74 Å². The van der Waals surface area contributed by atoms with Crippen LogP contribution in [0.25, 0.3) is 0 Å². The van der Waals surface area contributed by atoms with Gasteiger partial charge in [-0.15, -0.1) is 0 Å². The molecule has 1 saturated heterocycles. The van der Waals surface area contributed by atoms with Gasteiger partial charge in [0.05, 0.1) is 11.5 Å². The standard InChI is InChI=1S/C22H30N2O3S/c1-4-16-27-22-11-10-20(17-18(22)3)28(25,26)24-14-12-23(13-15-24)21-9-7-6-8-19(21)5-2/h6-11,17H,4-5,12-16H2,1-3H3. The van der Waals surface area contributed by atoms with Crippen LogP contribution in [0.3, 0.4) is 0 Å². The molecule has 0 aromatic heterocycles. The van der Waals surface area contributed by atoms with Crippen molar-refractivity contribution in [2.45, 2.75) is 38.5 Å². The van der Waals surface area contributed by atoms with E-state index in [-0.39, 0.29) is 0 Å². The van der Waals surface area contributed by atoms with Gasteiger partial charge in [0.25, 0.3) is 0 Å². The SMILES string of the molecule is CCCOc1ccc(S(=O)(=O)N2CCN(c3ccccc3CC)CC2)cc1C. The fourth-order valence-corrected chi connectivity index (χ4v) is 5.10. The van der Waals surface area contributed by atoms with Crippen molar-refractivity contribution in [2.75, 3.05) is 37.7 Å². The van der Waals surface area contributed by atoms with E-state index in [1.807, 2.05) is 19.9 Å². The zero-order chi connectivity index (χ0) is 20.1. The largest absolute Gasteiger partial charge is 0.493 e. The smallest absolute Gasteiger partial charge is 0.243 e. The Morgan fingerprint density at radius 2 is 1.71 bits per heavy atom. The van der Waals surface area contributed by atoms with Gasteiger partial charge in [0.1, 0.15) is 5.75 Å². The molecular formula is C22H30N2O3S. The fraction of sp³-hybridized carbons (Fsp3) is 0.455. The number of piperazine rings is 1. The molecule has 0 unspecified atom stereocenters. The molecular weight excluding hydrogens is 372 g/mol. The summed E-state index contributed by atoms with van der Waals surface area (Å²) in [5.74, 6) is 0.752. The molecule has 6 heteroatoms. The summed E-state index contributed by atoms with van der Waals surface area (Å²) >= 11 is 0. The van der Waals surface area contributed by atoms with E-state index in [2.05, 4.69) is 30.0 Å². The first-order chi connectivity index (χ1) is 13.5. The number of hydrogen-bond acceptors (Lipinski definition) is 4. The maximum atomic E-state index is 13.1. The van der Waals surface area contributed by atoms with Crippen LogP contribution < -0.4 is 9.64 Å². The molecule has 152 valence electrons. The van der Waals surface area contributed by atoms with Crippen molar-refractivity contribution in [3.05, 3.63) is 53.6 Å². The molecule has 1 aliphatic heterocycles. The van der Waals surface area contributed by atoms with Gasteiger partial charge < -0.3 is 9.64 Å². The third kappa shape index (κ3) is 4.33. The Labute approximate surface area is 169 Å². The molecule has 3 rings (SSSR count). The molecule has 1 fully saturated rings. The van der Waals surface area contributed by atoms with Gasteiger partial charge in [0, 0.05) is 31.9 Å². The van der Waals surface area contributed by atoms with Gasteiger partial charge in [-0.05, 0) is 55.2 Å². The van der Waals surface area contributed by atoms with Crippen LogP contribution in [-0.4, -0.2) is 45.5 Å². The van der Waals surface area contributed by atoms with E-state index in [0.29, 0.717) is 37.7 Å². The highest BCUT2D eigenvalue weighted by Gasteiger charge is 2.29. The second-order valence-electron chi connectivity index (χ2n) is 7.15. The lowest BCUT2D eigenvalue weighted by Crippen LogP contribution is -2.48. The molecule has 0 amide bonds. The number of nitrogens with zero attached hydrogens (tertiary/aromatic N) is 2. The lowest BCUT2D eigenvalue weighted by Gasteiger charge is -2.36. The number of hydrogen-bond donors (Lipinski definition) is 0. The second-order valence-corrected chi connectivity index (χ2v) is 9.09. The monoisotopic (exact) mass is 402 g/mol. The Morgan fingerprint density at radius 1 is 1.00 bits per heavy atom. The molecule has 5 nitrogen and oxygen atoms in total. The summed E-state index contributed by atoms with van der Waals surface area (Å²) < 4.78 is 33.5. The van der Waals surface area contributed by atoms with Crippen molar-refractivity contribution < 1.29 is 13.2 Å². The molecule has 28 heavy (non-hydrogen) atoms. The summed E-state index contributed by atoms with van der Waals surface area (Å²) in [6.07, 6.45) is 1.89. The Kier molecular flexibility index (Phi) is 6.62. The van der Waals surface area contributed by atoms with Crippen molar-refractivity contribution in [3.8, 4) is 5.75 Å². The molecule has 2 aromatic rings. The van der Waals surface area contributed by atoms with Crippen molar-refractivity contribution in [1.82, 2.24) is 4.31 Å². The Hall–Kier alpha value is -2.05. The highest BCUT2D eigenvalue weighted by molar-refractivity contribution is 7.89. The summed E-state index contributed by atoms with van der Waals surface area (Å²) in [5, 5.41) is 0. The first kappa shape index (κ1) is 20.7. The lowest BCUT2D eigenvalue weighted by molar-refractivity contribution is 0.315. The van der Waals surface area contributed by atoms with Crippen LogP contribution in [0.5, 0.6) is 5.75 Å².